The third kappa shape index (κ3) is 2.19. The molecule has 1 aromatic carbocycles. The van der Waals surface area contributed by atoms with Gasteiger partial charge >= 0.3 is 0 Å². The van der Waals surface area contributed by atoms with Crippen LogP contribution in [0.3, 0.4) is 0 Å². The molecule has 0 spiro atoms. The van der Waals surface area contributed by atoms with E-state index in [9.17, 15) is 0 Å². The van der Waals surface area contributed by atoms with Gasteiger partial charge in [0.1, 0.15) is 5.75 Å². The van der Waals surface area contributed by atoms with E-state index >= 15 is 0 Å². The van der Waals surface area contributed by atoms with E-state index in [0.29, 0.717) is 5.25 Å². The van der Waals surface area contributed by atoms with Crippen molar-refractivity contribution in [2.24, 2.45) is 0 Å². The molecule has 1 unspecified atom stereocenters. The molecule has 0 aliphatic carbocycles. The Bertz CT molecular complexity index is 478. The van der Waals surface area contributed by atoms with Crippen LogP contribution in [-0.2, 0) is 6.42 Å². The average Bonchev–Trinajstić information content (AvgIpc) is 2.71. The quantitative estimate of drug-likeness (QED) is 0.877. The van der Waals surface area contributed by atoms with E-state index in [2.05, 4.69) is 36.5 Å². The highest BCUT2D eigenvalue weighted by molar-refractivity contribution is 7.99. The van der Waals surface area contributed by atoms with E-state index in [1.54, 1.807) is 7.11 Å². The van der Waals surface area contributed by atoms with Crippen LogP contribution in [0.2, 0.25) is 0 Å². The van der Waals surface area contributed by atoms with Crippen molar-refractivity contribution in [3.63, 3.8) is 0 Å². The molecular formula is C13H17NOS. The molecule has 1 N–H and O–H groups in total. The van der Waals surface area contributed by atoms with Crippen LogP contribution in [0, 0.1) is 0 Å². The molecule has 0 aliphatic heterocycles. The fourth-order valence-electron chi connectivity index (χ4n) is 1.85. The minimum absolute atomic E-state index is 0.644. The maximum atomic E-state index is 5.26. The van der Waals surface area contributed by atoms with Crippen molar-refractivity contribution in [2.45, 2.75) is 18.6 Å². The van der Waals surface area contributed by atoms with Gasteiger partial charge in [-0.2, -0.15) is 11.8 Å². The number of aromatic amines is 1. The molecular weight excluding hydrogens is 218 g/mol. The predicted octanol–water partition coefficient (Wildman–Crippen LogP) is 3.47. The van der Waals surface area contributed by atoms with Crippen LogP contribution in [-0.4, -0.2) is 23.6 Å². The van der Waals surface area contributed by atoms with Crippen molar-refractivity contribution >= 4 is 22.7 Å². The summed E-state index contributed by atoms with van der Waals surface area (Å²) < 4.78 is 5.26. The normalized spacial score (nSPS) is 12.9. The van der Waals surface area contributed by atoms with E-state index in [4.69, 9.17) is 4.74 Å². The van der Waals surface area contributed by atoms with Gasteiger partial charge in [0.15, 0.2) is 0 Å². The fourth-order valence-corrected chi connectivity index (χ4v) is 2.19. The number of H-pyrrole nitrogens is 1. The fraction of sp³-hybridized carbons (Fsp3) is 0.385. The van der Waals surface area contributed by atoms with Crippen LogP contribution < -0.4 is 4.74 Å². The molecule has 0 saturated heterocycles. The third-order valence-corrected chi connectivity index (χ3v) is 3.86. The predicted molar refractivity (Wildman–Crippen MR) is 71.5 cm³/mol. The van der Waals surface area contributed by atoms with Gasteiger partial charge in [-0.1, -0.05) is 6.92 Å². The molecule has 0 bridgehead atoms. The number of aromatic nitrogens is 1. The molecule has 3 heteroatoms. The lowest BCUT2D eigenvalue weighted by molar-refractivity contribution is 0.415. The molecule has 2 aromatic rings. The van der Waals surface area contributed by atoms with E-state index in [1.165, 1.54) is 16.5 Å². The average molecular weight is 235 g/mol. The summed E-state index contributed by atoms with van der Waals surface area (Å²) >= 11 is 1.90. The third-order valence-electron chi connectivity index (χ3n) is 2.88. The largest absolute Gasteiger partial charge is 0.497 e. The van der Waals surface area contributed by atoms with Crippen LogP contribution in [0.15, 0.2) is 24.4 Å². The van der Waals surface area contributed by atoms with Gasteiger partial charge in [0.05, 0.1) is 7.11 Å². The lowest BCUT2D eigenvalue weighted by atomic mass is 10.1. The number of nitrogens with one attached hydrogen (secondary N) is 1. The van der Waals surface area contributed by atoms with Crippen LogP contribution in [0.5, 0.6) is 5.75 Å². The molecule has 1 aromatic heterocycles. The smallest absolute Gasteiger partial charge is 0.119 e. The summed E-state index contributed by atoms with van der Waals surface area (Å²) in [6.45, 7) is 2.25. The first-order valence-electron chi connectivity index (χ1n) is 5.41. The summed E-state index contributed by atoms with van der Waals surface area (Å²) in [5, 5.41) is 1.92. The number of ether oxygens (including phenoxy) is 1. The molecule has 0 fully saturated rings. The number of rotatable bonds is 4. The number of thioether (sulfide) groups is 1. The Morgan fingerprint density at radius 3 is 2.94 bits per heavy atom. The highest BCUT2D eigenvalue weighted by atomic mass is 32.2. The molecule has 0 aliphatic rings. The number of hydrogen-bond acceptors (Lipinski definition) is 2. The Kier molecular flexibility index (Phi) is 3.44. The van der Waals surface area contributed by atoms with Gasteiger partial charge in [-0.3, -0.25) is 0 Å². The molecule has 0 amide bonds. The van der Waals surface area contributed by atoms with Gasteiger partial charge in [-0.25, -0.2) is 0 Å². The number of methoxy groups -OCH3 is 1. The van der Waals surface area contributed by atoms with E-state index in [-0.39, 0.29) is 0 Å². The molecule has 1 heterocycles. The van der Waals surface area contributed by atoms with Gasteiger partial charge in [0.25, 0.3) is 0 Å². The zero-order valence-electron chi connectivity index (χ0n) is 9.91. The second-order valence-corrected chi connectivity index (χ2v) is 5.25. The Morgan fingerprint density at radius 2 is 2.25 bits per heavy atom. The van der Waals surface area contributed by atoms with Crippen molar-refractivity contribution in [1.29, 1.82) is 0 Å². The van der Waals surface area contributed by atoms with Crippen molar-refractivity contribution in [2.75, 3.05) is 13.4 Å². The zero-order valence-corrected chi connectivity index (χ0v) is 10.7. The van der Waals surface area contributed by atoms with E-state index < -0.39 is 0 Å². The first-order chi connectivity index (χ1) is 7.74. The van der Waals surface area contributed by atoms with E-state index in [0.717, 1.165) is 12.2 Å². The summed E-state index contributed by atoms with van der Waals surface area (Å²) in [7, 11) is 1.71. The number of hydrogen-bond donors (Lipinski definition) is 1. The lowest BCUT2D eigenvalue weighted by Gasteiger charge is -2.07. The van der Waals surface area contributed by atoms with Crippen molar-refractivity contribution < 1.29 is 4.74 Å². The van der Waals surface area contributed by atoms with Gasteiger partial charge < -0.3 is 9.72 Å². The molecule has 2 rings (SSSR count). The Hall–Kier alpha value is -1.09. The summed E-state index contributed by atoms with van der Waals surface area (Å²) in [5.41, 5.74) is 2.56. The summed E-state index contributed by atoms with van der Waals surface area (Å²) in [5.74, 6) is 0.921. The summed E-state index contributed by atoms with van der Waals surface area (Å²) in [6, 6.07) is 6.16. The standard InChI is InChI=1S/C13H17NOS/c1-9(16-3)6-10-8-14-13-5-4-11(15-2)7-12(10)13/h4-5,7-9,14H,6H2,1-3H3. The van der Waals surface area contributed by atoms with Crippen LogP contribution in [0.4, 0.5) is 0 Å². The highest BCUT2D eigenvalue weighted by Crippen LogP contribution is 2.25. The first kappa shape index (κ1) is 11.4. The molecule has 2 nitrogen and oxygen atoms in total. The molecule has 0 radical (unpaired) electrons. The van der Waals surface area contributed by atoms with Gasteiger partial charge in [0, 0.05) is 22.3 Å². The topological polar surface area (TPSA) is 25.0 Å². The molecule has 1 atom stereocenters. The van der Waals surface area contributed by atoms with Gasteiger partial charge in [-0.05, 0) is 36.4 Å². The SMILES string of the molecule is COc1ccc2[nH]cc(CC(C)SC)c2c1. The second kappa shape index (κ2) is 4.83. The van der Waals surface area contributed by atoms with E-state index in [1.807, 2.05) is 17.8 Å². The summed E-state index contributed by atoms with van der Waals surface area (Å²) in [6.07, 6.45) is 5.35. The first-order valence-corrected chi connectivity index (χ1v) is 6.70. The van der Waals surface area contributed by atoms with Crippen molar-refractivity contribution in [1.82, 2.24) is 4.98 Å². The Balaban J connectivity index is 2.38. The van der Waals surface area contributed by atoms with Gasteiger partial charge in [-0.15, -0.1) is 0 Å². The van der Waals surface area contributed by atoms with Crippen LogP contribution in [0.25, 0.3) is 10.9 Å². The van der Waals surface area contributed by atoms with Crippen LogP contribution in [0.1, 0.15) is 12.5 Å². The second-order valence-electron chi connectivity index (χ2n) is 3.98. The number of fused-ring (bicyclic) bond motifs is 1. The minimum Gasteiger partial charge on any atom is -0.497 e. The van der Waals surface area contributed by atoms with Gasteiger partial charge in [0.2, 0.25) is 0 Å². The summed E-state index contributed by atoms with van der Waals surface area (Å²) in [4.78, 5) is 3.30. The maximum absolute atomic E-state index is 5.26. The Morgan fingerprint density at radius 1 is 1.44 bits per heavy atom. The minimum atomic E-state index is 0.644. The number of benzene rings is 1. The lowest BCUT2D eigenvalue weighted by Crippen LogP contribution is -1.99. The molecule has 16 heavy (non-hydrogen) atoms. The Labute approximate surface area is 100 Å². The zero-order chi connectivity index (χ0) is 11.5. The molecule has 0 saturated carbocycles. The van der Waals surface area contributed by atoms with Crippen molar-refractivity contribution in [3.8, 4) is 5.75 Å². The monoisotopic (exact) mass is 235 g/mol. The molecule has 86 valence electrons. The van der Waals surface area contributed by atoms with Crippen LogP contribution >= 0.6 is 11.8 Å². The maximum Gasteiger partial charge on any atom is 0.119 e. The van der Waals surface area contributed by atoms with Crippen molar-refractivity contribution in [3.05, 3.63) is 30.0 Å². The highest BCUT2D eigenvalue weighted by Gasteiger charge is 2.08.